The molecule has 82 valence electrons. The van der Waals surface area contributed by atoms with E-state index in [0.29, 0.717) is 24.7 Å². The van der Waals surface area contributed by atoms with Crippen LogP contribution in [0.4, 0.5) is 0 Å². The van der Waals surface area contributed by atoms with Crippen molar-refractivity contribution in [3.63, 3.8) is 0 Å². The highest BCUT2D eigenvalue weighted by molar-refractivity contribution is 6.33. The van der Waals surface area contributed by atoms with Gasteiger partial charge in [0.2, 0.25) is 0 Å². The van der Waals surface area contributed by atoms with Gasteiger partial charge in [0.05, 0.1) is 6.61 Å². The van der Waals surface area contributed by atoms with E-state index in [4.69, 9.17) is 19.5 Å². The molecule has 0 fully saturated rings. The van der Waals surface area contributed by atoms with E-state index in [0.717, 1.165) is 0 Å². The van der Waals surface area contributed by atoms with Crippen molar-refractivity contribution < 1.29 is 24.2 Å². The van der Waals surface area contributed by atoms with Crippen LogP contribution in [0, 0.1) is 0 Å². The van der Waals surface area contributed by atoms with Crippen LogP contribution in [-0.2, 0) is 4.74 Å². The molecule has 1 aromatic carbocycles. The first kappa shape index (κ1) is 11.8. The number of ether oxygens (including phenoxy) is 2. The Morgan fingerprint density at radius 2 is 1.93 bits per heavy atom. The molecule has 5 nitrogen and oxygen atoms in total. The Kier molecular flexibility index (Phi) is 4.96. The fourth-order valence-electron chi connectivity index (χ4n) is 1.00. The maximum absolute atomic E-state index is 8.58. The van der Waals surface area contributed by atoms with Crippen molar-refractivity contribution in [3.05, 3.63) is 24.3 Å². The smallest absolute Gasteiger partial charge is 0.512 e. The summed E-state index contributed by atoms with van der Waals surface area (Å²) in [4.78, 5) is 0. The first-order chi connectivity index (χ1) is 7.22. The highest BCUT2D eigenvalue weighted by Gasteiger charge is 2.11. The van der Waals surface area contributed by atoms with Gasteiger partial charge in [-0.05, 0) is 12.1 Å². The van der Waals surface area contributed by atoms with Crippen LogP contribution < -0.4 is 9.39 Å². The monoisotopic (exact) mass is 212 g/mol. The average molecular weight is 212 g/mol. The maximum Gasteiger partial charge on any atom is 0.707 e. The molecule has 1 aromatic rings. The fourth-order valence-corrected chi connectivity index (χ4v) is 1.00. The number of benzene rings is 1. The number of hydrogen-bond donors (Lipinski definition) is 2. The van der Waals surface area contributed by atoms with Crippen molar-refractivity contribution in [2.75, 3.05) is 20.3 Å². The van der Waals surface area contributed by atoms with Gasteiger partial charge in [0.15, 0.2) is 0 Å². The zero-order valence-electron chi connectivity index (χ0n) is 8.42. The van der Waals surface area contributed by atoms with Gasteiger partial charge in [0, 0.05) is 13.2 Å². The third-order valence-electron chi connectivity index (χ3n) is 1.60. The molecular formula is C9H13BO5. The Balaban J connectivity index is 2.50. The highest BCUT2D eigenvalue weighted by Crippen LogP contribution is 2.19. The second-order valence-electron chi connectivity index (χ2n) is 2.76. The van der Waals surface area contributed by atoms with Gasteiger partial charge in [0.25, 0.3) is 0 Å². The summed E-state index contributed by atoms with van der Waals surface area (Å²) in [5.74, 6) is 0.921. The van der Waals surface area contributed by atoms with E-state index >= 15 is 0 Å². The summed E-state index contributed by atoms with van der Waals surface area (Å²) < 4.78 is 14.8. The molecule has 0 aromatic heterocycles. The molecule has 0 atom stereocenters. The molecule has 2 N–H and O–H groups in total. The number of methoxy groups -OCH3 is 1. The predicted octanol–water partition coefficient (Wildman–Crippen LogP) is 0.0601. The van der Waals surface area contributed by atoms with Gasteiger partial charge in [0.1, 0.15) is 18.1 Å². The van der Waals surface area contributed by atoms with Crippen LogP contribution in [0.25, 0.3) is 0 Å². The average Bonchev–Trinajstić information content (AvgIpc) is 2.18. The molecule has 0 heterocycles. The van der Waals surface area contributed by atoms with E-state index in [2.05, 4.69) is 4.65 Å². The Hall–Kier alpha value is -1.24. The van der Waals surface area contributed by atoms with Gasteiger partial charge >= 0.3 is 7.32 Å². The van der Waals surface area contributed by atoms with Crippen LogP contribution in [0.5, 0.6) is 11.5 Å². The summed E-state index contributed by atoms with van der Waals surface area (Å²) in [6.07, 6.45) is 0. The summed E-state index contributed by atoms with van der Waals surface area (Å²) in [6.45, 7) is 0.926. The standard InChI is InChI=1S/C9H13BO5/c1-13-5-6-14-8-3-2-4-9(7-8)15-10(11)12/h2-4,7,11-12H,5-6H2,1H3. The van der Waals surface area contributed by atoms with Crippen LogP contribution in [0.15, 0.2) is 24.3 Å². The molecule has 1 rings (SSSR count). The first-order valence-electron chi connectivity index (χ1n) is 4.47. The Labute approximate surface area is 88.4 Å². The molecule has 0 spiro atoms. The molecule has 0 unspecified atom stereocenters. The molecule has 0 radical (unpaired) electrons. The van der Waals surface area contributed by atoms with Crippen molar-refractivity contribution in [1.29, 1.82) is 0 Å². The summed E-state index contributed by atoms with van der Waals surface area (Å²) in [5.41, 5.74) is 0. The van der Waals surface area contributed by atoms with Crippen molar-refractivity contribution in [1.82, 2.24) is 0 Å². The molecular weight excluding hydrogens is 199 g/mol. The lowest BCUT2D eigenvalue weighted by atomic mass is 10.2. The van der Waals surface area contributed by atoms with Gasteiger partial charge in [-0.25, -0.2) is 0 Å². The lowest BCUT2D eigenvalue weighted by molar-refractivity contribution is 0.146. The van der Waals surface area contributed by atoms with Crippen LogP contribution in [0.1, 0.15) is 0 Å². The Bertz CT molecular complexity index is 292. The minimum absolute atomic E-state index is 0.333. The molecule has 0 bridgehead atoms. The molecule has 6 heteroatoms. The van der Waals surface area contributed by atoms with Gasteiger partial charge in [-0.2, -0.15) is 0 Å². The lowest BCUT2D eigenvalue weighted by Gasteiger charge is -2.08. The van der Waals surface area contributed by atoms with E-state index in [1.807, 2.05) is 0 Å². The topological polar surface area (TPSA) is 68.2 Å². The second kappa shape index (κ2) is 6.29. The van der Waals surface area contributed by atoms with Crippen molar-refractivity contribution >= 4 is 7.32 Å². The first-order valence-corrected chi connectivity index (χ1v) is 4.47. The number of rotatable bonds is 6. The third kappa shape index (κ3) is 4.69. The van der Waals surface area contributed by atoms with Gasteiger partial charge in [-0.1, -0.05) is 6.07 Å². The molecule has 0 saturated carbocycles. The molecule has 0 aliphatic carbocycles. The normalized spacial score (nSPS) is 9.80. The van der Waals surface area contributed by atoms with E-state index in [-0.39, 0.29) is 0 Å². The quantitative estimate of drug-likeness (QED) is 0.515. The van der Waals surface area contributed by atoms with Gasteiger partial charge in [-0.15, -0.1) is 0 Å². The second-order valence-corrected chi connectivity index (χ2v) is 2.76. The predicted molar refractivity (Wildman–Crippen MR) is 54.6 cm³/mol. The minimum atomic E-state index is -1.82. The van der Waals surface area contributed by atoms with Crippen LogP contribution >= 0.6 is 0 Å². The zero-order valence-corrected chi connectivity index (χ0v) is 8.42. The van der Waals surface area contributed by atoms with Crippen LogP contribution in [-0.4, -0.2) is 37.7 Å². The molecule has 0 aliphatic rings. The molecule has 0 amide bonds. The maximum atomic E-state index is 8.58. The Morgan fingerprint density at radius 1 is 1.20 bits per heavy atom. The van der Waals surface area contributed by atoms with Crippen LogP contribution in [0.2, 0.25) is 0 Å². The van der Waals surface area contributed by atoms with E-state index in [1.165, 1.54) is 0 Å². The summed E-state index contributed by atoms with van der Waals surface area (Å²) in [7, 11) is -0.232. The SMILES string of the molecule is COCCOc1cccc(OB(O)O)c1. The van der Waals surface area contributed by atoms with Crippen LogP contribution in [0.3, 0.4) is 0 Å². The highest BCUT2D eigenvalue weighted by atomic mass is 16.6. The lowest BCUT2D eigenvalue weighted by Crippen LogP contribution is -2.20. The zero-order chi connectivity index (χ0) is 11.1. The van der Waals surface area contributed by atoms with Crippen molar-refractivity contribution in [3.8, 4) is 11.5 Å². The largest absolute Gasteiger partial charge is 0.707 e. The minimum Gasteiger partial charge on any atom is -0.512 e. The molecule has 15 heavy (non-hydrogen) atoms. The van der Waals surface area contributed by atoms with E-state index in [9.17, 15) is 0 Å². The van der Waals surface area contributed by atoms with Gasteiger partial charge in [-0.3, -0.25) is 0 Å². The summed E-state index contributed by atoms with van der Waals surface area (Å²) in [6, 6.07) is 6.60. The summed E-state index contributed by atoms with van der Waals surface area (Å²) in [5, 5.41) is 17.2. The summed E-state index contributed by atoms with van der Waals surface area (Å²) >= 11 is 0. The van der Waals surface area contributed by atoms with Crippen molar-refractivity contribution in [2.24, 2.45) is 0 Å². The fraction of sp³-hybridized carbons (Fsp3) is 0.333. The molecule has 0 saturated heterocycles. The molecule has 0 aliphatic heterocycles. The van der Waals surface area contributed by atoms with Crippen molar-refractivity contribution in [2.45, 2.75) is 0 Å². The van der Waals surface area contributed by atoms with Gasteiger partial charge < -0.3 is 24.2 Å². The Morgan fingerprint density at radius 3 is 2.60 bits per heavy atom. The number of hydrogen-bond acceptors (Lipinski definition) is 5. The van der Waals surface area contributed by atoms with E-state index < -0.39 is 7.32 Å². The third-order valence-corrected chi connectivity index (χ3v) is 1.60. The van der Waals surface area contributed by atoms with E-state index in [1.54, 1.807) is 31.4 Å².